The first kappa shape index (κ1) is 26.2. The Morgan fingerprint density at radius 2 is 1.59 bits per heavy atom. The molecule has 0 aliphatic carbocycles. The molecule has 1 saturated heterocycles. The summed E-state index contributed by atoms with van der Waals surface area (Å²) in [6.07, 6.45) is 0. The summed E-state index contributed by atoms with van der Waals surface area (Å²) in [6.45, 7) is 0.408. The SMILES string of the molecule is COc1ccc(C2C(C(=O)O)C(c3ccc4c(c3)OCO4)CN2CC(=O)Nc2c(OC)cccc2OC)cc1. The smallest absolute Gasteiger partial charge is 0.309 e. The van der Waals surface area contributed by atoms with Crippen molar-refractivity contribution in [3.05, 3.63) is 71.8 Å². The average Bonchev–Trinajstić information content (AvgIpc) is 3.57. The molecule has 2 heterocycles. The van der Waals surface area contributed by atoms with E-state index in [1.807, 2.05) is 29.2 Å². The summed E-state index contributed by atoms with van der Waals surface area (Å²) in [6, 6.07) is 17.4. The maximum Gasteiger partial charge on any atom is 0.309 e. The van der Waals surface area contributed by atoms with E-state index in [9.17, 15) is 14.7 Å². The highest BCUT2D eigenvalue weighted by Crippen LogP contribution is 2.48. The Hall–Kier alpha value is -4.44. The number of ether oxygens (including phenoxy) is 5. The monoisotopic (exact) mass is 534 g/mol. The highest BCUT2D eigenvalue weighted by atomic mass is 16.7. The van der Waals surface area contributed by atoms with Gasteiger partial charge in [-0.1, -0.05) is 24.3 Å². The Morgan fingerprint density at radius 3 is 2.23 bits per heavy atom. The van der Waals surface area contributed by atoms with Crippen molar-refractivity contribution in [3.8, 4) is 28.7 Å². The number of hydrogen-bond donors (Lipinski definition) is 2. The number of benzene rings is 3. The van der Waals surface area contributed by atoms with Gasteiger partial charge in [-0.3, -0.25) is 14.5 Å². The van der Waals surface area contributed by atoms with Crippen molar-refractivity contribution in [1.82, 2.24) is 4.90 Å². The van der Waals surface area contributed by atoms with E-state index in [2.05, 4.69) is 5.32 Å². The van der Waals surface area contributed by atoms with Crippen LogP contribution in [0.15, 0.2) is 60.7 Å². The van der Waals surface area contributed by atoms with Gasteiger partial charge < -0.3 is 34.1 Å². The summed E-state index contributed by atoms with van der Waals surface area (Å²) in [5.41, 5.74) is 1.99. The number of likely N-dealkylation sites (tertiary alicyclic amines) is 1. The van der Waals surface area contributed by atoms with Crippen LogP contribution in [0.2, 0.25) is 0 Å². The van der Waals surface area contributed by atoms with E-state index in [-0.39, 0.29) is 19.2 Å². The molecule has 0 spiro atoms. The number of anilines is 1. The largest absolute Gasteiger partial charge is 0.497 e. The zero-order valence-corrected chi connectivity index (χ0v) is 21.9. The standard InChI is InChI=1S/C29H30N2O8/c1-35-19-10-7-17(8-11-19)28-26(29(33)34)20(18-9-12-21-24(13-18)39-16-38-21)14-31(28)15-25(32)30-27-22(36-2)5-4-6-23(27)37-3/h4-13,20,26,28H,14-16H2,1-3H3,(H,30,32)(H,33,34). The number of carbonyl (C=O) groups excluding carboxylic acids is 1. The molecule has 10 nitrogen and oxygen atoms in total. The molecular weight excluding hydrogens is 504 g/mol. The third-order valence-corrected chi connectivity index (χ3v) is 7.20. The maximum atomic E-state index is 13.4. The van der Waals surface area contributed by atoms with Gasteiger partial charge in [0.05, 0.1) is 33.8 Å². The minimum absolute atomic E-state index is 0.0528. The van der Waals surface area contributed by atoms with Crippen molar-refractivity contribution in [2.75, 3.05) is 46.5 Å². The van der Waals surface area contributed by atoms with Crippen LogP contribution < -0.4 is 29.0 Å². The predicted molar refractivity (Wildman–Crippen MR) is 142 cm³/mol. The fourth-order valence-electron chi connectivity index (χ4n) is 5.41. The molecule has 3 aromatic rings. The van der Waals surface area contributed by atoms with Gasteiger partial charge in [0.1, 0.15) is 22.9 Å². The fraction of sp³-hybridized carbons (Fsp3) is 0.310. The van der Waals surface area contributed by atoms with Gasteiger partial charge in [0.25, 0.3) is 0 Å². The van der Waals surface area contributed by atoms with Gasteiger partial charge in [0, 0.05) is 18.5 Å². The molecule has 2 aliphatic heterocycles. The van der Waals surface area contributed by atoms with Crippen molar-refractivity contribution in [2.24, 2.45) is 5.92 Å². The molecule has 0 saturated carbocycles. The Labute approximate surface area is 226 Å². The first-order valence-corrected chi connectivity index (χ1v) is 12.4. The minimum Gasteiger partial charge on any atom is -0.497 e. The Morgan fingerprint density at radius 1 is 0.923 bits per heavy atom. The van der Waals surface area contributed by atoms with Crippen molar-refractivity contribution in [2.45, 2.75) is 12.0 Å². The topological polar surface area (TPSA) is 116 Å². The number of carboxylic acid groups (broad SMARTS) is 1. The normalized spacial score (nSPS) is 19.9. The molecule has 39 heavy (non-hydrogen) atoms. The summed E-state index contributed by atoms with van der Waals surface area (Å²) in [7, 11) is 4.60. The van der Waals surface area contributed by atoms with Gasteiger partial charge in [0.2, 0.25) is 12.7 Å². The summed E-state index contributed by atoms with van der Waals surface area (Å²) >= 11 is 0. The minimum atomic E-state index is -0.951. The van der Waals surface area contributed by atoms with Crippen molar-refractivity contribution >= 4 is 17.6 Å². The van der Waals surface area contributed by atoms with Crippen LogP contribution in [0.4, 0.5) is 5.69 Å². The first-order valence-electron chi connectivity index (χ1n) is 12.4. The lowest BCUT2D eigenvalue weighted by Crippen LogP contribution is -2.35. The zero-order valence-electron chi connectivity index (χ0n) is 21.9. The number of methoxy groups -OCH3 is 3. The third kappa shape index (κ3) is 5.15. The molecule has 5 rings (SSSR count). The second-order valence-corrected chi connectivity index (χ2v) is 9.32. The highest BCUT2D eigenvalue weighted by molar-refractivity contribution is 5.95. The quantitative estimate of drug-likeness (QED) is 0.421. The molecule has 3 unspecified atom stereocenters. The number of rotatable bonds is 9. The van der Waals surface area contributed by atoms with Crippen LogP contribution in [0.25, 0.3) is 0 Å². The number of carboxylic acids is 1. The molecule has 1 fully saturated rings. The number of aliphatic carboxylic acids is 1. The molecule has 2 aliphatic rings. The molecule has 0 radical (unpaired) electrons. The van der Waals surface area contributed by atoms with Crippen molar-refractivity contribution in [3.63, 3.8) is 0 Å². The molecule has 1 amide bonds. The lowest BCUT2D eigenvalue weighted by atomic mass is 9.82. The number of amides is 1. The Bertz CT molecular complexity index is 1340. The van der Waals surface area contributed by atoms with Crippen LogP contribution in [0.5, 0.6) is 28.7 Å². The number of nitrogens with zero attached hydrogens (tertiary/aromatic N) is 1. The molecule has 204 valence electrons. The van der Waals surface area contributed by atoms with Crippen LogP contribution in [0, 0.1) is 5.92 Å². The maximum absolute atomic E-state index is 13.4. The lowest BCUT2D eigenvalue weighted by Gasteiger charge is -2.27. The average molecular weight is 535 g/mol. The second-order valence-electron chi connectivity index (χ2n) is 9.32. The van der Waals surface area contributed by atoms with E-state index in [1.165, 1.54) is 14.2 Å². The highest BCUT2D eigenvalue weighted by Gasteiger charge is 2.48. The second kappa shape index (κ2) is 11.1. The number of carbonyl (C=O) groups is 2. The summed E-state index contributed by atoms with van der Waals surface area (Å²) in [5, 5.41) is 13.3. The molecule has 3 atom stereocenters. The zero-order chi connectivity index (χ0) is 27.5. The van der Waals surface area contributed by atoms with Gasteiger partial charge in [-0.25, -0.2) is 0 Å². The summed E-state index contributed by atoms with van der Waals surface area (Å²) in [5.74, 6) is 0.262. The van der Waals surface area contributed by atoms with Gasteiger partial charge in [0.15, 0.2) is 11.5 Å². The molecule has 2 N–H and O–H groups in total. The van der Waals surface area contributed by atoms with Gasteiger partial charge >= 0.3 is 5.97 Å². The van der Waals surface area contributed by atoms with E-state index in [0.717, 1.165) is 11.1 Å². The number of fused-ring (bicyclic) bond motifs is 1. The van der Waals surface area contributed by atoms with E-state index < -0.39 is 23.8 Å². The molecular formula is C29H30N2O8. The van der Waals surface area contributed by atoms with Gasteiger partial charge in [-0.15, -0.1) is 0 Å². The van der Waals surface area contributed by atoms with Gasteiger partial charge in [-0.2, -0.15) is 0 Å². The Kier molecular flexibility index (Phi) is 7.47. The fourth-order valence-corrected chi connectivity index (χ4v) is 5.41. The third-order valence-electron chi connectivity index (χ3n) is 7.20. The van der Waals surface area contributed by atoms with Crippen LogP contribution >= 0.6 is 0 Å². The Balaban J connectivity index is 1.49. The van der Waals surface area contributed by atoms with E-state index >= 15 is 0 Å². The van der Waals surface area contributed by atoms with Crippen LogP contribution in [-0.2, 0) is 9.59 Å². The van der Waals surface area contributed by atoms with Crippen molar-refractivity contribution < 1.29 is 38.4 Å². The van der Waals surface area contributed by atoms with Crippen LogP contribution in [0.1, 0.15) is 23.1 Å². The summed E-state index contributed by atoms with van der Waals surface area (Å²) < 4.78 is 27.1. The van der Waals surface area contributed by atoms with Crippen LogP contribution in [0.3, 0.4) is 0 Å². The van der Waals surface area contributed by atoms with Crippen LogP contribution in [-0.4, -0.2) is 63.1 Å². The number of nitrogens with one attached hydrogen (secondary N) is 1. The molecule has 10 heteroatoms. The molecule has 0 bridgehead atoms. The molecule has 0 aromatic heterocycles. The summed E-state index contributed by atoms with van der Waals surface area (Å²) in [4.78, 5) is 28.1. The van der Waals surface area contributed by atoms with Crippen molar-refractivity contribution in [1.29, 1.82) is 0 Å². The predicted octanol–water partition coefficient (Wildman–Crippen LogP) is 3.92. The number of hydrogen-bond acceptors (Lipinski definition) is 8. The van der Waals surface area contributed by atoms with Gasteiger partial charge in [-0.05, 0) is 47.5 Å². The van der Waals surface area contributed by atoms with E-state index in [1.54, 1.807) is 43.5 Å². The molecule has 3 aromatic carbocycles. The number of para-hydroxylation sites is 1. The van der Waals surface area contributed by atoms with E-state index in [4.69, 9.17) is 23.7 Å². The lowest BCUT2D eigenvalue weighted by molar-refractivity contribution is -0.143. The first-order chi connectivity index (χ1) is 18.9. The van der Waals surface area contributed by atoms with E-state index in [0.29, 0.717) is 41.0 Å².